The number of amides is 2. The van der Waals surface area contributed by atoms with E-state index in [-0.39, 0.29) is 30.3 Å². The van der Waals surface area contributed by atoms with Crippen molar-refractivity contribution < 1.29 is 19.1 Å². The van der Waals surface area contributed by atoms with Gasteiger partial charge in [0.2, 0.25) is 0 Å². The molecule has 1 fully saturated rings. The van der Waals surface area contributed by atoms with Gasteiger partial charge in [0.05, 0.1) is 5.92 Å². The van der Waals surface area contributed by atoms with Crippen LogP contribution in [0, 0.1) is 12.8 Å². The lowest BCUT2D eigenvalue weighted by Crippen LogP contribution is -2.41. The number of likely N-dealkylation sites (N-methyl/N-ethyl adjacent to an activating group) is 1. The van der Waals surface area contributed by atoms with Gasteiger partial charge in [0, 0.05) is 32.2 Å². The molecule has 3 rings (SSSR count). The number of nitrogens with zero attached hydrogens (tertiary/aromatic N) is 2. The summed E-state index contributed by atoms with van der Waals surface area (Å²) in [5.41, 5.74) is 2.66. The number of hydrogen-bond donors (Lipinski definition) is 0. The van der Waals surface area contributed by atoms with Gasteiger partial charge in [-0.3, -0.25) is 14.4 Å². The van der Waals surface area contributed by atoms with Crippen molar-refractivity contribution >= 4 is 17.8 Å². The molecule has 6 nitrogen and oxygen atoms in total. The summed E-state index contributed by atoms with van der Waals surface area (Å²) in [4.78, 5) is 40.7. The van der Waals surface area contributed by atoms with Crippen LogP contribution in [-0.2, 0) is 20.9 Å². The maximum atomic E-state index is 12.7. The molecular weight excluding hydrogens is 380 g/mol. The van der Waals surface area contributed by atoms with Crippen molar-refractivity contribution in [2.45, 2.75) is 26.3 Å². The number of aryl methyl sites for hydroxylation is 1. The minimum atomic E-state index is -0.362. The highest BCUT2D eigenvalue weighted by Crippen LogP contribution is 2.21. The molecule has 158 valence electrons. The number of likely N-dealkylation sites (tertiary alicyclic amines) is 1. The van der Waals surface area contributed by atoms with Crippen molar-refractivity contribution in [1.29, 1.82) is 0 Å². The van der Waals surface area contributed by atoms with Crippen LogP contribution in [0.1, 0.15) is 34.3 Å². The van der Waals surface area contributed by atoms with Crippen LogP contribution in [0.3, 0.4) is 0 Å². The highest BCUT2D eigenvalue weighted by molar-refractivity contribution is 5.95. The Labute approximate surface area is 177 Å². The third kappa shape index (κ3) is 5.47. The zero-order valence-corrected chi connectivity index (χ0v) is 17.5. The molecular formula is C24H28N2O4. The zero-order valence-electron chi connectivity index (χ0n) is 17.5. The molecule has 0 spiro atoms. The van der Waals surface area contributed by atoms with Gasteiger partial charge < -0.3 is 14.5 Å². The minimum Gasteiger partial charge on any atom is -0.455 e. The molecule has 2 amide bonds. The third-order valence-corrected chi connectivity index (χ3v) is 5.52. The topological polar surface area (TPSA) is 66.9 Å². The molecule has 0 aliphatic carbocycles. The largest absolute Gasteiger partial charge is 0.455 e. The third-order valence-electron chi connectivity index (χ3n) is 5.52. The SMILES string of the molecule is Cc1ccccc1C(=O)N1CCC(C(=O)OCC(=O)N(C)Cc2ccccc2)CC1. The maximum Gasteiger partial charge on any atom is 0.309 e. The summed E-state index contributed by atoms with van der Waals surface area (Å²) in [5.74, 6) is -0.880. The number of benzene rings is 2. The fraction of sp³-hybridized carbons (Fsp3) is 0.375. The Kier molecular flexibility index (Phi) is 7.22. The van der Waals surface area contributed by atoms with Crippen molar-refractivity contribution in [2.24, 2.45) is 5.92 Å². The lowest BCUT2D eigenvalue weighted by atomic mass is 9.96. The smallest absolute Gasteiger partial charge is 0.309 e. The summed E-state index contributed by atoms with van der Waals surface area (Å²) < 4.78 is 5.27. The van der Waals surface area contributed by atoms with Crippen LogP contribution in [0.5, 0.6) is 0 Å². The molecule has 0 bridgehead atoms. The van der Waals surface area contributed by atoms with E-state index in [0.717, 1.165) is 11.1 Å². The molecule has 0 aromatic heterocycles. The predicted octanol–water partition coefficient (Wildman–Crippen LogP) is 3.05. The van der Waals surface area contributed by atoms with E-state index in [1.807, 2.05) is 61.5 Å². The first-order valence-corrected chi connectivity index (χ1v) is 10.2. The molecule has 0 unspecified atom stereocenters. The zero-order chi connectivity index (χ0) is 21.5. The maximum absolute atomic E-state index is 12.7. The van der Waals surface area contributed by atoms with Gasteiger partial charge in [-0.25, -0.2) is 0 Å². The Bertz CT molecular complexity index is 889. The Balaban J connectivity index is 1.43. The molecule has 0 saturated carbocycles. The summed E-state index contributed by atoms with van der Waals surface area (Å²) in [6.07, 6.45) is 1.09. The minimum absolute atomic E-state index is 0.00219. The highest BCUT2D eigenvalue weighted by Gasteiger charge is 2.29. The van der Waals surface area contributed by atoms with Crippen molar-refractivity contribution in [3.05, 3.63) is 71.3 Å². The molecule has 0 atom stereocenters. The Hall–Kier alpha value is -3.15. The van der Waals surface area contributed by atoms with Gasteiger partial charge in [0.1, 0.15) is 0 Å². The first-order valence-electron chi connectivity index (χ1n) is 10.2. The monoisotopic (exact) mass is 408 g/mol. The fourth-order valence-corrected chi connectivity index (χ4v) is 3.61. The quantitative estimate of drug-likeness (QED) is 0.689. The van der Waals surface area contributed by atoms with E-state index in [4.69, 9.17) is 4.74 Å². The van der Waals surface area contributed by atoms with Crippen LogP contribution in [-0.4, -0.2) is 54.3 Å². The standard InChI is InChI=1S/C24H28N2O4/c1-18-8-6-7-11-21(18)23(28)26-14-12-20(13-15-26)24(29)30-17-22(27)25(2)16-19-9-4-3-5-10-19/h3-11,20H,12-17H2,1-2H3. The molecule has 2 aromatic carbocycles. The second kappa shape index (κ2) is 10.1. The van der Waals surface area contributed by atoms with E-state index in [2.05, 4.69) is 0 Å². The van der Waals surface area contributed by atoms with Crippen molar-refractivity contribution in [3.8, 4) is 0 Å². The molecule has 0 N–H and O–H groups in total. The summed E-state index contributed by atoms with van der Waals surface area (Å²) in [6.45, 7) is 3.15. The first-order chi connectivity index (χ1) is 14.5. The number of ether oxygens (including phenoxy) is 1. The second-order valence-corrected chi connectivity index (χ2v) is 7.72. The van der Waals surface area contributed by atoms with Crippen LogP contribution in [0.4, 0.5) is 0 Å². The van der Waals surface area contributed by atoms with Gasteiger partial charge in [0.25, 0.3) is 11.8 Å². The van der Waals surface area contributed by atoms with Crippen LogP contribution < -0.4 is 0 Å². The Morgan fingerprint density at radius 2 is 1.63 bits per heavy atom. The summed E-state index contributed by atoms with van der Waals surface area (Å²) in [6, 6.07) is 17.2. The van der Waals surface area contributed by atoms with Crippen LogP contribution in [0.2, 0.25) is 0 Å². The van der Waals surface area contributed by atoms with Crippen LogP contribution >= 0.6 is 0 Å². The molecule has 1 aliphatic rings. The van der Waals surface area contributed by atoms with Gasteiger partial charge in [0.15, 0.2) is 6.61 Å². The van der Waals surface area contributed by atoms with E-state index in [1.54, 1.807) is 16.8 Å². The normalized spacial score (nSPS) is 14.3. The number of carbonyl (C=O) groups excluding carboxylic acids is 3. The second-order valence-electron chi connectivity index (χ2n) is 7.72. The molecule has 1 aliphatic heterocycles. The van der Waals surface area contributed by atoms with Gasteiger partial charge >= 0.3 is 5.97 Å². The molecule has 1 heterocycles. The molecule has 6 heteroatoms. The average molecular weight is 408 g/mol. The Morgan fingerprint density at radius 1 is 1.00 bits per heavy atom. The number of rotatable bonds is 6. The molecule has 1 saturated heterocycles. The van der Waals surface area contributed by atoms with E-state index in [1.165, 1.54) is 0 Å². The van der Waals surface area contributed by atoms with E-state index in [0.29, 0.717) is 38.0 Å². The van der Waals surface area contributed by atoms with Gasteiger partial charge in [-0.05, 0) is 37.0 Å². The van der Waals surface area contributed by atoms with Crippen molar-refractivity contribution in [3.63, 3.8) is 0 Å². The fourth-order valence-electron chi connectivity index (χ4n) is 3.61. The van der Waals surface area contributed by atoms with Crippen molar-refractivity contribution in [1.82, 2.24) is 9.80 Å². The highest BCUT2D eigenvalue weighted by atomic mass is 16.5. The van der Waals surface area contributed by atoms with E-state index in [9.17, 15) is 14.4 Å². The Morgan fingerprint density at radius 3 is 2.30 bits per heavy atom. The summed E-state index contributed by atoms with van der Waals surface area (Å²) in [5, 5.41) is 0. The predicted molar refractivity (Wildman–Crippen MR) is 114 cm³/mol. The lowest BCUT2D eigenvalue weighted by Gasteiger charge is -2.31. The number of carbonyl (C=O) groups is 3. The number of hydrogen-bond acceptors (Lipinski definition) is 4. The van der Waals surface area contributed by atoms with Crippen LogP contribution in [0.25, 0.3) is 0 Å². The molecule has 2 aromatic rings. The summed E-state index contributed by atoms with van der Waals surface area (Å²) in [7, 11) is 1.69. The van der Waals surface area contributed by atoms with Crippen LogP contribution in [0.15, 0.2) is 54.6 Å². The molecule has 30 heavy (non-hydrogen) atoms. The first kappa shape index (κ1) is 21.6. The average Bonchev–Trinajstić information content (AvgIpc) is 2.78. The van der Waals surface area contributed by atoms with E-state index >= 15 is 0 Å². The lowest BCUT2D eigenvalue weighted by molar-refractivity contribution is -0.156. The van der Waals surface area contributed by atoms with Gasteiger partial charge in [-0.2, -0.15) is 0 Å². The number of esters is 1. The van der Waals surface area contributed by atoms with E-state index < -0.39 is 0 Å². The van der Waals surface area contributed by atoms with Gasteiger partial charge in [-0.1, -0.05) is 48.5 Å². The summed E-state index contributed by atoms with van der Waals surface area (Å²) >= 11 is 0. The molecule has 0 radical (unpaired) electrons. The number of piperidine rings is 1. The van der Waals surface area contributed by atoms with Gasteiger partial charge in [-0.15, -0.1) is 0 Å². The van der Waals surface area contributed by atoms with Crippen molar-refractivity contribution in [2.75, 3.05) is 26.7 Å².